The fourth-order valence-corrected chi connectivity index (χ4v) is 11.8. The highest BCUT2D eigenvalue weighted by atomic mass is 16.8. The van der Waals surface area contributed by atoms with Gasteiger partial charge in [0.15, 0.2) is 12.6 Å². The van der Waals surface area contributed by atoms with Crippen LogP contribution in [-0.2, 0) is 103 Å². The van der Waals surface area contributed by atoms with Crippen LogP contribution < -0.4 is 0 Å². The zero-order valence-corrected chi connectivity index (χ0v) is 52.6. The van der Waals surface area contributed by atoms with Crippen molar-refractivity contribution in [2.45, 2.75) is 198 Å². The third-order valence-electron chi connectivity index (χ3n) is 16.8. The van der Waals surface area contributed by atoms with Crippen LogP contribution in [0.25, 0.3) is 0 Å². The van der Waals surface area contributed by atoms with Crippen LogP contribution in [0.4, 0.5) is 0 Å². The first-order valence-corrected chi connectivity index (χ1v) is 32.8. The summed E-state index contributed by atoms with van der Waals surface area (Å²) in [6, 6.07) is 69.6. The second kappa shape index (κ2) is 38.4. The molecule has 7 aromatic carbocycles. The molecule has 0 aliphatic carbocycles. The predicted octanol–water partition coefficient (Wildman–Crippen LogP) is 15.0. The van der Waals surface area contributed by atoms with E-state index in [1.165, 1.54) is 0 Å². The van der Waals surface area contributed by atoms with Crippen LogP contribution in [-0.4, -0.2) is 91.8 Å². The van der Waals surface area contributed by atoms with Crippen molar-refractivity contribution < 1.29 is 62.0 Å². The number of carbonyl (C=O) groups excluding carboxylic acids is 1. The number of ether oxygens (including phenoxy) is 11. The molecule has 13 nitrogen and oxygen atoms in total. The maximum atomic E-state index is 15.3. The van der Waals surface area contributed by atoms with Crippen molar-refractivity contribution in [3.63, 3.8) is 0 Å². The topological polar surface area (TPSA) is 139 Å². The molecular formula is C77H94O13. The number of hydrogen-bond acceptors (Lipinski definition) is 13. The van der Waals surface area contributed by atoms with Crippen molar-refractivity contribution in [2.24, 2.45) is 5.92 Å². The molecular weight excluding hydrogens is 1130 g/mol. The molecule has 2 aliphatic heterocycles. The van der Waals surface area contributed by atoms with Crippen LogP contribution in [0.5, 0.6) is 0 Å². The van der Waals surface area contributed by atoms with Gasteiger partial charge in [0.1, 0.15) is 55.4 Å². The van der Waals surface area contributed by atoms with E-state index < -0.39 is 73.9 Å². The average molecular weight is 1230 g/mol. The lowest BCUT2D eigenvalue weighted by atomic mass is 9.91. The molecule has 12 atom stereocenters. The number of rotatable bonds is 39. The minimum Gasteiger partial charge on any atom is -0.463 e. The molecule has 1 N–H and O–H groups in total. The summed E-state index contributed by atoms with van der Waals surface area (Å²) in [6.07, 6.45) is 0.236. The van der Waals surface area contributed by atoms with E-state index in [-0.39, 0.29) is 58.3 Å². The molecule has 0 saturated carbocycles. The van der Waals surface area contributed by atoms with Gasteiger partial charge in [-0.3, -0.25) is 4.79 Å². The molecule has 2 heterocycles. The zero-order chi connectivity index (χ0) is 62.2. The molecule has 2 aliphatic rings. The Labute approximate surface area is 534 Å². The SMILES string of the molecule is CCCCCCC[C@H](OCc1ccccc1)[C@H](CCCCCC)C(=O)OC[C@H]1O[C@H](O[C@H]2O[C@H](CO)[C@@H](OCc3ccccc3)[C@H](OCc3ccccc3)[C@H]2OCc2ccccc2)[C@H](OCc2ccccc2)[C@@H](OCc2ccccc2)[C@@H]1OCc1ccccc1. The summed E-state index contributed by atoms with van der Waals surface area (Å²) in [5.41, 5.74) is 6.56. The third-order valence-corrected chi connectivity index (χ3v) is 16.8. The van der Waals surface area contributed by atoms with E-state index in [1.807, 2.05) is 200 Å². The highest BCUT2D eigenvalue weighted by Crippen LogP contribution is 2.37. The van der Waals surface area contributed by atoms with Crippen LogP contribution in [0, 0.1) is 5.92 Å². The Morgan fingerprint density at radius 1 is 0.378 bits per heavy atom. The summed E-state index contributed by atoms with van der Waals surface area (Å²) in [7, 11) is 0. The molecule has 480 valence electrons. The minimum atomic E-state index is -1.30. The molecule has 0 radical (unpaired) electrons. The highest BCUT2D eigenvalue weighted by Gasteiger charge is 2.54. The van der Waals surface area contributed by atoms with E-state index in [0.29, 0.717) is 13.0 Å². The smallest absolute Gasteiger partial charge is 0.311 e. The zero-order valence-electron chi connectivity index (χ0n) is 52.6. The van der Waals surface area contributed by atoms with E-state index in [1.54, 1.807) is 0 Å². The van der Waals surface area contributed by atoms with Gasteiger partial charge in [0.25, 0.3) is 0 Å². The number of carbonyl (C=O) groups is 1. The first kappa shape index (κ1) is 67.9. The van der Waals surface area contributed by atoms with E-state index in [0.717, 1.165) is 103 Å². The Kier molecular flexibility index (Phi) is 29.0. The molecule has 7 aromatic rings. The Hall–Kier alpha value is -6.43. The maximum Gasteiger partial charge on any atom is 0.311 e. The van der Waals surface area contributed by atoms with Crippen LogP contribution in [0.15, 0.2) is 212 Å². The number of aliphatic hydroxyl groups excluding tert-OH is 1. The highest BCUT2D eigenvalue weighted by molar-refractivity contribution is 5.73. The third kappa shape index (κ3) is 21.6. The first-order valence-electron chi connectivity index (χ1n) is 32.8. The van der Waals surface area contributed by atoms with Gasteiger partial charge in [-0.1, -0.05) is 284 Å². The Bertz CT molecular complexity index is 2980. The molecule has 9 rings (SSSR count). The van der Waals surface area contributed by atoms with Crippen molar-refractivity contribution in [3.8, 4) is 0 Å². The Morgan fingerprint density at radius 2 is 0.689 bits per heavy atom. The van der Waals surface area contributed by atoms with Gasteiger partial charge in [-0.25, -0.2) is 0 Å². The number of hydrogen-bond donors (Lipinski definition) is 1. The molecule has 0 aromatic heterocycles. The molecule has 2 fully saturated rings. The van der Waals surface area contributed by atoms with Gasteiger partial charge < -0.3 is 57.2 Å². The van der Waals surface area contributed by atoms with E-state index in [2.05, 4.69) is 26.0 Å². The van der Waals surface area contributed by atoms with Crippen LogP contribution in [0.3, 0.4) is 0 Å². The van der Waals surface area contributed by atoms with Gasteiger partial charge in [-0.2, -0.15) is 0 Å². The molecule has 13 heteroatoms. The van der Waals surface area contributed by atoms with Gasteiger partial charge in [0.05, 0.1) is 64.9 Å². The fraction of sp³-hybridized carbons (Fsp3) is 0.442. The molecule has 0 spiro atoms. The van der Waals surface area contributed by atoms with E-state index in [4.69, 9.17) is 52.1 Å². The monoisotopic (exact) mass is 1230 g/mol. The van der Waals surface area contributed by atoms with Gasteiger partial charge in [-0.05, 0) is 51.8 Å². The lowest BCUT2D eigenvalue weighted by Gasteiger charge is -2.49. The van der Waals surface area contributed by atoms with Gasteiger partial charge in [0.2, 0.25) is 0 Å². The lowest BCUT2D eigenvalue weighted by Crippen LogP contribution is -2.66. The predicted molar refractivity (Wildman–Crippen MR) is 347 cm³/mol. The Balaban J connectivity index is 1.10. The van der Waals surface area contributed by atoms with E-state index in [9.17, 15) is 5.11 Å². The van der Waals surface area contributed by atoms with Crippen molar-refractivity contribution in [1.29, 1.82) is 0 Å². The summed E-state index contributed by atoms with van der Waals surface area (Å²) in [5.74, 6) is -0.914. The maximum absolute atomic E-state index is 15.3. The van der Waals surface area contributed by atoms with Crippen molar-refractivity contribution in [2.75, 3.05) is 13.2 Å². The summed E-state index contributed by atoms with van der Waals surface area (Å²) in [6.45, 7) is 5.16. The number of esters is 1. The van der Waals surface area contributed by atoms with Crippen molar-refractivity contribution in [1.82, 2.24) is 0 Å². The average Bonchev–Trinajstić information content (AvgIpc) is 1.14. The van der Waals surface area contributed by atoms with Crippen molar-refractivity contribution >= 4 is 5.97 Å². The summed E-state index contributed by atoms with van der Waals surface area (Å²) >= 11 is 0. The molecule has 0 amide bonds. The standard InChI is InChI=1S/C77H94O13/c1-3-5-7-9-32-48-66(80-50-58-33-17-10-18-34-58)65(47-31-8-6-4-2)75(79)87-57-68-70(82-52-60-37-21-12-22-38-60)72(84-54-62-41-25-14-26-42-62)74(86-56-64-45-29-16-30-46-64)77(89-68)90-76-73(85-55-63-43-27-15-28-44-63)71(83-53-61-39-23-13-24-40-61)69(67(49-78)88-76)81-51-59-35-19-11-20-36-59/h10-30,33-46,65-74,76-78H,3-9,31-32,47-57H2,1-2H3/t65-,66-,67+,68+,69+,70+,71-,72-,73+,74+,76+,77+/m0/s1. The molecule has 0 unspecified atom stereocenters. The van der Waals surface area contributed by atoms with Crippen LogP contribution in [0.1, 0.15) is 123 Å². The summed E-state index contributed by atoms with van der Waals surface area (Å²) in [5, 5.41) is 11.4. The number of benzene rings is 7. The molecule has 2 saturated heterocycles. The fourth-order valence-electron chi connectivity index (χ4n) is 11.8. The van der Waals surface area contributed by atoms with Gasteiger partial charge >= 0.3 is 5.97 Å². The largest absolute Gasteiger partial charge is 0.463 e. The number of unbranched alkanes of at least 4 members (excludes halogenated alkanes) is 7. The van der Waals surface area contributed by atoms with Crippen LogP contribution >= 0.6 is 0 Å². The summed E-state index contributed by atoms with van der Waals surface area (Å²) < 4.78 is 77.4. The quantitative estimate of drug-likeness (QED) is 0.0289. The van der Waals surface area contributed by atoms with Crippen molar-refractivity contribution in [3.05, 3.63) is 251 Å². The van der Waals surface area contributed by atoms with Gasteiger partial charge in [0, 0.05) is 0 Å². The van der Waals surface area contributed by atoms with Gasteiger partial charge in [-0.15, -0.1) is 0 Å². The number of aliphatic hydroxyl groups is 1. The second-order valence-electron chi connectivity index (χ2n) is 23.6. The van der Waals surface area contributed by atoms with E-state index >= 15 is 4.79 Å². The first-order chi connectivity index (χ1) is 44.5. The summed E-state index contributed by atoms with van der Waals surface area (Å²) in [4.78, 5) is 15.3. The molecule has 90 heavy (non-hydrogen) atoms. The second-order valence-corrected chi connectivity index (χ2v) is 23.6. The molecule has 0 bridgehead atoms. The normalized spacial score (nSPS) is 22.4. The Morgan fingerprint density at radius 3 is 1.07 bits per heavy atom. The minimum absolute atomic E-state index is 0.143. The van der Waals surface area contributed by atoms with Crippen LogP contribution in [0.2, 0.25) is 0 Å². The lowest BCUT2D eigenvalue weighted by molar-refractivity contribution is -0.393.